The summed E-state index contributed by atoms with van der Waals surface area (Å²) in [6, 6.07) is 1.98. The van der Waals surface area contributed by atoms with Crippen LogP contribution in [0, 0.1) is 0 Å². The maximum atomic E-state index is 5.95. The van der Waals surface area contributed by atoms with Gasteiger partial charge in [0.05, 0.1) is 0 Å². The second kappa shape index (κ2) is 4.50. The lowest BCUT2D eigenvalue weighted by Gasteiger charge is -2.20. The maximum Gasteiger partial charge on any atom is 0.128 e. The van der Waals surface area contributed by atoms with Crippen LogP contribution < -0.4 is 5.73 Å². The number of nitrogens with zero attached hydrogens (tertiary/aromatic N) is 2. The van der Waals surface area contributed by atoms with E-state index in [-0.39, 0.29) is 11.0 Å². The van der Waals surface area contributed by atoms with Gasteiger partial charge < -0.3 is 5.73 Å². The molecule has 0 amide bonds. The van der Waals surface area contributed by atoms with Gasteiger partial charge >= 0.3 is 0 Å². The minimum atomic E-state index is -0.152. The molecule has 0 unspecified atom stereocenters. The molecule has 0 atom stereocenters. The molecule has 1 aromatic rings. The first-order valence-corrected chi connectivity index (χ1v) is 5.80. The summed E-state index contributed by atoms with van der Waals surface area (Å²) >= 11 is 0. The predicted molar refractivity (Wildman–Crippen MR) is 67.3 cm³/mol. The minimum absolute atomic E-state index is 0.0793. The normalized spacial score (nSPS) is 12.9. The fourth-order valence-corrected chi connectivity index (χ4v) is 1.37. The third-order valence-electron chi connectivity index (χ3n) is 2.47. The van der Waals surface area contributed by atoms with Gasteiger partial charge in [-0.05, 0) is 26.3 Å². The Bertz CT molecular complexity index is 345. The third-order valence-corrected chi connectivity index (χ3v) is 2.47. The van der Waals surface area contributed by atoms with Crippen molar-refractivity contribution in [1.29, 1.82) is 0 Å². The Morgan fingerprint density at radius 2 is 1.81 bits per heavy atom. The first kappa shape index (κ1) is 13.1. The molecule has 1 heterocycles. The first-order valence-electron chi connectivity index (χ1n) is 5.80. The molecule has 1 rings (SSSR count). The Morgan fingerprint density at radius 1 is 1.19 bits per heavy atom. The van der Waals surface area contributed by atoms with E-state index in [0.29, 0.717) is 0 Å². The van der Waals surface area contributed by atoms with Gasteiger partial charge in [0.25, 0.3) is 0 Å². The molecule has 0 saturated heterocycles. The van der Waals surface area contributed by atoms with Crippen LogP contribution in [-0.2, 0) is 11.8 Å². The molecule has 3 nitrogen and oxygen atoms in total. The van der Waals surface area contributed by atoms with Crippen LogP contribution in [0.1, 0.15) is 52.6 Å². The number of hydrogen-bond acceptors (Lipinski definition) is 3. The smallest absolute Gasteiger partial charge is 0.128 e. The van der Waals surface area contributed by atoms with Gasteiger partial charge in [-0.2, -0.15) is 0 Å². The summed E-state index contributed by atoms with van der Waals surface area (Å²) in [4.78, 5) is 8.87. The molecule has 16 heavy (non-hydrogen) atoms. The monoisotopic (exact) mass is 221 g/mol. The molecule has 0 aliphatic carbocycles. The van der Waals surface area contributed by atoms with E-state index >= 15 is 0 Å². The van der Waals surface area contributed by atoms with Crippen LogP contribution >= 0.6 is 0 Å². The van der Waals surface area contributed by atoms with Gasteiger partial charge in [-0.25, -0.2) is 9.97 Å². The van der Waals surface area contributed by atoms with Gasteiger partial charge in [0.2, 0.25) is 0 Å². The van der Waals surface area contributed by atoms with E-state index in [1.54, 1.807) is 0 Å². The lowest BCUT2D eigenvalue weighted by atomic mass is 9.92. The van der Waals surface area contributed by atoms with Crippen LogP contribution in [0.25, 0.3) is 0 Å². The van der Waals surface area contributed by atoms with Crippen molar-refractivity contribution in [3.63, 3.8) is 0 Å². The Hall–Kier alpha value is -0.960. The van der Waals surface area contributed by atoms with E-state index in [9.17, 15) is 0 Å². The van der Waals surface area contributed by atoms with Crippen LogP contribution in [0.4, 0.5) is 0 Å². The molecular formula is C13H23N3. The quantitative estimate of drug-likeness (QED) is 0.853. The van der Waals surface area contributed by atoms with Crippen LogP contribution in [0.15, 0.2) is 12.3 Å². The van der Waals surface area contributed by atoms with Crippen molar-refractivity contribution in [2.45, 2.75) is 58.4 Å². The largest absolute Gasteiger partial charge is 0.326 e. The van der Waals surface area contributed by atoms with Crippen LogP contribution in [0.2, 0.25) is 0 Å². The van der Waals surface area contributed by atoms with Gasteiger partial charge in [0.1, 0.15) is 5.82 Å². The second-order valence-corrected chi connectivity index (χ2v) is 6.10. The molecule has 0 aliphatic heterocycles. The summed E-state index contributed by atoms with van der Waals surface area (Å²) in [6.07, 6.45) is 3.58. The topological polar surface area (TPSA) is 51.8 Å². The zero-order chi connectivity index (χ0) is 12.4. The molecule has 0 bridgehead atoms. The number of nitrogens with two attached hydrogens (primary N) is 1. The predicted octanol–water partition coefficient (Wildman–Crippen LogP) is 2.44. The molecule has 0 spiro atoms. The highest BCUT2D eigenvalue weighted by atomic mass is 14.9. The first-order chi connectivity index (χ1) is 7.18. The lowest BCUT2D eigenvalue weighted by molar-refractivity contribution is 0.468. The van der Waals surface area contributed by atoms with Crippen molar-refractivity contribution in [2.24, 2.45) is 5.73 Å². The summed E-state index contributed by atoms with van der Waals surface area (Å²) in [5.41, 5.74) is 6.97. The van der Waals surface area contributed by atoms with E-state index in [1.807, 2.05) is 26.1 Å². The Kier molecular flexibility index (Phi) is 3.68. The maximum absolute atomic E-state index is 5.95. The fraction of sp³-hybridized carbons (Fsp3) is 0.692. The SMILES string of the molecule is CC(C)(N)CCc1nccc(C(C)(C)C)n1. The van der Waals surface area contributed by atoms with Crippen molar-refractivity contribution >= 4 is 0 Å². The van der Waals surface area contributed by atoms with Crippen LogP contribution in [-0.4, -0.2) is 15.5 Å². The van der Waals surface area contributed by atoms with E-state index in [2.05, 4.69) is 30.7 Å². The molecule has 2 N–H and O–H groups in total. The van der Waals surface area contributed by atoms with Crippen molar-refractivity contribution < 1.29 is 0 Å². The Labute approximate surface area is 98.5 Å². The van der Waals surface area contributed by atoms with Crippen LogP contribution in [0.3, 0.4) is 0 Å². The number of hydrogen-bond donors (Lipinski definition) is 1. The highest BCUT2D eigenvalue weighted by molar-refractivity contribution is 5.12. The molecule has 0 radical (unpaired) electrons. The number of rotatable bonds is 3. The van der Waals surface area contributed by atoms with Gasteiger partial charge in [-0.3, -0.25) is 0 Å². The second-order valence-electron chi connectivity index (χ2n) is 6.10. The van der Waals surface area contributed by atoms with Gasteiger partial charge in [-0.1, -0.05) is 20.8 Å². The Balaban J connectivity index is 2.76. The molecule has 0 aromatic carbocycles. The average molecular weight is 221 g/mol. The van der Waals surface area contributed by atoms with Crippen LogP contribution in [0.5, 0.6) is 0 Å². The third kappa shape index (κ3) is 4.27. The fourth-order valence-electron chi connectivity index (χ4n) is 1.37. The van der Waals surface area contributed by atoms with Crippen molar-refractivity contribution in [3.8, 4) is 0 Å². The molecule has 1 aromatic heterocycles. The summed E-state index contributed by atoms with van der Waals surface area (Å²) in [5.74, 6) is 0.894. The van der Waals surface area contributed by atoms with Gasteiger partial charge in [0.15, 0.2) is 0 Å². The van der Waals surface area contributed by atoms with Crippen molar-refractivity contribution in [2.75, 3.05) is 0 Å². The molecule has 0 fully saturated rings. The zero-order valence-electron chi connectivity index (χ0n) is 11.0. The lowest BCUT2D eigenvalue weighted by Crippen LogP contribution is -2.32. The van der Waals surface area contributed by atoms with E-state index < -0.39 is 0 Å². The standard InChI is InChI=1S/C13H23N3/c1-12(2,3)10-7-9-15-11(16-10)6-8-13(4,5)14/h7,9H,6,8,14H2,1-5H3. The number of aryl methyl sites for hydroxylation is 1. The molecular weight excluding hydrogens is 198 g/mol. The molecule has 90 valence electrons. The highest BCUT2D eigenvalue weighted by Crippen LogP contribution is 2.19. The molecule has 0 aliphatic rings. The summed E-state index contributed by atoms with van der Waals surface area (Å²) < 4.78 is 0. The highest BCUT2D eigenvalue weighted by Gasteiger charge is 2.17. The van der Waals surface area contributed by atoms with Crippen molar-refractivity contribution in [3.05, 3.63) is 23.8 Å². The van der Waals surface area contributed by atoms with Gasteiger partial charge in [-0.15, -0.1) is 0 Å². The van der Waals surface area contributed by atoms with E-state index in [1.165, 1.54) is 0 Å². The summed E-state index contributed by atoms with van der Waals surface area (Å²) in [5, 5.41) is 0. The number of aromatic nitrogens is 2. The summed E-state index contributed by atoms with van der Waals surface area (Å²) in [7, 11) is 0. The van der Waals surface area contributed by atoms with E-state index in [4.69, 9.17) is 5.73 Å². The minimum Gasteiger partial charge on any atom is -0.326 e. The average Bonchev–Trinajstić information content (AvgIpc) is 2.13. The van der Waals surface area contributed by atoms with E-state index in [0.717, 1.165) is 24.4 Å². The van der Waals surface area contributed by atoms with Crippen molar-refractivity contribution in [1.82, 2.24) is 9.97 Å². The Morgan fingerprint density at radius 3 is 2.31 bits per heavy atom. The molecule has 0 saturated carbocycles. The summed E-state index contributed by atoms with van der Waals surface area (Å²) in [6.45, 7) is 10.5. The van der Waals surface area contributed by atoms with Gasteiger partial charge in [0, 0.05) is 29.3 Å². The molecule has 3 heteroatoms. The zero-order valence-corrected chi connectivity index (χ0v) is 11.0.